The molecule has 2 aromatic carbocycles. The highest BCUT2D eigenvalue weighted by Gasteiger charge is 2.27. The molecule has 0 fully saturated rings. The first-order valence-electron chi connectivity index (χ1n) is 8.99. The molecule has 7 nitrogen and oxygen atoms in total. The number of aryl methyl sites for hydroxylation is 1. The molecule has 0 aliphatic heterocycles. The van der Waals surface area contributed by atoms with Crippen LogP contribution in [0.3, 0.4) is 0 Å². The van der Waals surface area contributed by atoms with Gasteiger partial charge >= 0.3 is 0 Å². The summed E-state index contributed by atoms with van der Waals surface area (Å²) in [6.45, 7) is 0. The standard InChI is InChI=1S/C21H24N4O3/c22-14-13-18(24-16-9-5-2-6-10-16)21(28)25-17(19(26)20(23)27)12-11-15-7-3-1-4-8-15/h1-10,14,17-18,22,24H,11-13H2,(H2,23,27)(H,25,28). The number of benzene rings is 2. The van der Waals surface area contributed by atoms with Crippen molar-refractivity contribution in [2.45, 2.75) is 31.3 Å². The third kappa shape index (κ3) is 6.35. The molecule has 2 atom stereocenters. The van der Waals surface area contributed by atoms with Crippen molar-refractivity contribution in [3.63, 3.8) is 0 Å². The van der Waals surface area contributed by atoms with Crippen LogP contribution in [-0.4, -0.2) is 35.9 Å². The second kappa shape index (κ2) is 10.6. The lowest BCUT2D eigenvalue weighted by molar-refractivity contribution is -0.138. The number of amides is 2. The van der Waals surface area contributed by atoms with E-state index in [2.05, 4.69) is 10.6 Å². The van der Waals surface area contributed by atoms with Crippen molar-refractivity contribution in [3.8, 4) is 0 Å². The number of rotatable bonds is 11. The van der Waals surface area contributed by atoms with Crippen molar-refractivity contribution in [3.05, 3.63) is 66.2 Å². The summed E-state index contributed by atoms with van der Waals surface area (Å²) in [4.78, 5) is 36.3. The van der Waals surface area contributed by atoms with Crippen LogP contribution in [-0.2, 0) is 20.8 Å². The molecule has 7 heteroatoms. The lowest BCUT2D eigenvalue weighted by atomic mass is 10.0. The van der Waals surface area contributed by atoms with Crippen molar-refractivity contribution in [2.24, 2.45) is 5.73 Å². The second-order valence-corrected chi connectivity index (χ2v) is 6.32. The molecule has 0 spiro atoms. The van der Waals surface area contributed by atoms with Gasteiger partial charge < -0.3 is 21.8 Å². The lowest BCUT2D eigenvalue weighted by Gasteiger charge is -2.22. The molecule has 2 aromatic rings. The van der Waals surface area contributed by atoms with E-state index in [-0.39, 0.29) is 12.8 Å². The molecule has 0 aliphatic carbocycles. The predicted molar refractivity (Wildman–Crippen MR) is 108 cm³/mol. The molecule has 28 heavy (non-hydrogen) atoms. The number of anilines is 1. The first-order valence-corrected chi connectivity index (χ1v) is 8.99. The topological polar surface area (TPSA) is 125 Å². The highest BCUT2D eigenvalue weighted by Crippen LogP contribution is 2.10. The fourth-order valence-corrected chi connectivity index (χ4v) is 2.75. The van der Waals surface area contributed by atoms with E-state index in [0.29, 0.717) is 12.1 Å². The van der Waals surface area contributed by atoms with Gasteiger partial charge in [-0.15, -0.1) is 0 Å². The minimum Gasteiger partial charge on any atom is -0.373 e. The van der Waals surface area contributed by atoms with Gasteiger partial charge in [0.1, 0.15) is 6.04 Å². The molecule has 2 unspecified atom stereocenters. The number of hydrogen-bond acceptors (Lipinski definition) is 5. The molecule has 0 aliphatic rings. The number of para-hydroxylation sites is 1. The maximum Gasteiger partial charge on any atom is 0.287 e. The maximum atomic E-state index is 12.7. The van der Waals surface area contributed by atoms with Crippen molar-refractivity contribution < 1.29 is 14.4 Å². The fourth-order valence-electron chi connectivity index (χ4n) is 2.75. The van der Waals surface area contributed by atoms with E-state index in [1.807, 2.05) is 48.5 Å². The summed E-state index contributed by atoms with van der Waals surface area (Å²) in [5.41, 5.74) is 6.85. The molecule has 0 radical (unpaired) electrons. The molecule has 2 amide bonds. The van der Waals surface area contributed by atoms with Gasteiger partial charge in [0, 0.05) is 12.1 Å². The summed E-state index contributed by atoms with van der Waals surface area (Å²) in [6, 6.07) is 16.8. The van der Waals surface area contributed by atoms with Gasteiger partial charge in [-0.3, -0.25) is 14.4 Å². The Bertz CT molecular complexity index is 809. The number of ketones is 1. The number of nitrogens with one attached hydrogen (secondary N) is 3. The summed E-state index contributed by atoms with van der Waals surface area (Å²) in [5, 5.41) is 13.0. The second-order valence-electron chi connectivity index (χ2n) is 6.32. The molecule has 0 bridgehead atoms. The number of carbonyl (C=O) groups is 3. The third-order valence-electron chi connectivity index (χ3n) is 4.23. The number of Topliss-reactive ketones (excluding diaryl/α,β-unsaturated/α-hetero) is 1. The van der Waals surface area contributed by atoms with Gasteiger partial charge in [-0.25, -0.2) is 0 Å². The van der Waals surface area contributed by atoms with Gasteiger partial charge in [0.15, 0.2) is 0 Å². The monoisotopic (exact) mass is 380 g/mol. The minimum absolute atomic E-state index is 0.136. The Morgan fingerprint density at radius 1 is 0.964 bits per heavy atom. The first kappa shape index (κ1) is 20.8. The predicted octanol–water partition coefficient (Wildman–Crippen LogP) is 1.68. The van der Waals surface area contributed by atoms with Crippen LogP contribution in [0, 0.1) is 5.41 Å². The minimum atomic E-state index is -1.09. The Kier molecular flexibility index (Phi) is 7.90. The molecule has 5 N–H and O–H groups in total. The summed E-state index contributed by atoms with van der Waals surface area (Å²) < 4.78 is 0. The molecule has 0 saturated heterocycles. The van der Waals surface area contributed by atoms with Gasteiger partial charge in [-0.1, -0.05) is 48.5 Å². The molecule has 2 rings (SSSR count). The molecule has 146 valence electrons. The van der Waals surface area contributed by atoms with E-state index in [1.54, 1.807) is 12.1 Å². The quantitative estimate of drug-likeness (QED) is 0.349. The molecule has 0 saturated carbocycles. The number of nitrogens with two attached hydrogens (primary N) is 1. The smallest absolute Gasteiger partial charge is 0.287 e. The largest absolute Gasteiger partial charge is 0.373 e. The highest BCUT2D eigenvalue weighted by molar-refractivity contribution is 6.37. The van der Waals surface area contributed by atoms with Crippen LogP contribution in [0.5, 0.6) is 0 Å². The van der Waals surface area contributed by atoms with Gasteiger partial charge in [-0.2, -0.15) is 0 Å². The van der Waals surface area contributed by atoms with Crippen LogP contribution in [0.15, 0.2) is 60.7 Å². The lowest BCUT2D eigenvalue weighted by Crippen LogP contribution is -2.51. The SMILES string of the molecule is N=CCC(Nc1ccccc1)C(=O)NC(CCc1ccccc1)C(=O)C(N)=O. The third-order valence-corrected chi connectivity index (χ3v) is 4.23. The number of carbonyl (C=O) groups excluding carboxylic acids is 3. The number of hydrogen-bond donors (Lipinski definition) is 4. The van der Waals surface area contributed by atoms with Crippen LogP contribution in [0.25, 0.3) is 0 Å². The fraction of sp³-hybridized carbons (Fsp3) is 0.238. The summed E-state index contributed by atoms with van der Waals surface area (Å²) in [7, 11) is 0. The van der Waals surface area contributed by atoms with Crippen LogP contribution in [0.4, 0.5) is 5.69 Å². The molecule has 0 heterocycles. The summed E-state index contributed by atoms with van der Waals surface area (Å²) >= 11 is 0. The van der Waals surface area contributed by atoms with Crippen LogP contribution in [0.2, 0.25) is 0 Å². The van der Waals surface area contributed by atoms with Crippen molar-refractivity contribution in [2.75, 3.05) is 5.32 Å². The zero-order valence-corrected chi connectivity index (χ0v) is 15.4. The van der Waals surface area contributed by atoms with E-state index in [0.717, 1.165) is 11.8 Å². The summed E-state index contributed by atoms with van der Waals surface area (Å²) in [6.07, 6.45) is 2.01. The molecular formula is C21H24N4O3. The van der Waals surface area contributed by atoms with Crippen LogP contribution in [0.1, 0.15) is 18.4 Å². The first-order chi connectivity index (χ1) is 13.5. The Balaban J connectivity index is 2.08. The van der Waals surface area contributed by atoms with E-state index in [1.165, 1.54) is 0 Å². The van der Waals surface area contributed by atoms with E-state index in [4.69, 9.17) is 11.1 Å². The zero-order valence-electron chi connectivity index (χ0n) is 15.4. The Morgan fingerprint density at radius 3 is 2.14 bits per heavy atom. The zero-order chi connectivity index (χ0) is 20.4. The van der Waals surface area contributed by atoms with E-state index < -0.39 is 29.7 Å². The van der Waals surface area contributed by atoms with E-state index >= 15 is 0 Å². The van der Waals surface area contributed by atoms with E-state index in [9.17, 15) is 14.4 Å². The Hall–Kier alpha value is -3.48. The van der Waals surface area contributed by atoms with Gasteiger partial charge in [0.2, 0.25) is 11.7 Å². The highest BCUT2D eigenvalue weighted by atomic mass is 16.2. The average Bonchev–Trinajstić information content (AvgIpc) is 2.71. The maximum absolute atomic E-state index is 12.7. The molecular weight excluding hydrogens is 356 g/mol. The van der Waals surface area contributed by atoms with Crippen molar-refractivity contribution in [1.29, 1.82) is 5.41 Å². The van der Waals surface area contributed by atoms with Crippen LogP contribution >= 0.6 is 0 Å². The van der Waals surface area contributed by atoms with Gasteiger partial charge in [-0.05, 0) is 36.8 Å². The van der Waals surface area contributed by atoms with Crippen molar-refractivity contribution in [1.82, 2.24) is 5.32 Å². The summed E-state index contributed by atoms with van der Waals surface area (Å²) in [5.74, 6) is -2.39. The van der Waals surface area contributed by atoms with Gasteiger partial charge in [0.25, 0.3) is 5.91 Å². The molecule has 0 aromatic heterocycles. The number of primary amides is 1. The Morgan fingerprint density at radius 2 is 1.57 bits per heavy atom. The Labute approximate surface area is 163 Å². The normalized spacial score (nSPS) is 12.4. The van der Waals surface area contributed by atoms with Crippen molar-refractivity contribution >= 4 is 29.5 Å². The van der Waals surface area contributed by atoms with Crippen LogP contribution < -0.4 is 16.4 Å². The van der Waals surface area contributed by atoms with Gasteiger partial charge in [0.05, 0.1) is 6.04 Å². The average molecular weight is 380 g/mol.